The molecular weight excluding hydrogens is 426 g/mol. The van der Waals surface area contributed by atoms with Crippen molar-refractivity contribution in [2.45, 2.75) is 32.3 Å². The summed E-state index contributed by atoms with van der Waals surface area (Å²) in [6, 6.07) is 15.1. The molecule has 0 bridgehead atoms. The number of benzene rings is 2. The van der Waals surface area contributed by atoms with E-state index in [1.165, 1.54) is 18.3 Å². The van der Waals surface area contributed by atoms with Gasteiger partial charge in [-0.1, -0.05) is 26.8 Å². The largest absolute Gasteiger partial charge is 0.485 e. The number of nitrogens with one attached hydrogen (secondary N) is 1. The zero-order valence-corrected chi connectivity index (χ0v) is 18.4. The van der Waals surface area contributed by atoms with Crippen molar-refractivity contribution in [3.8, 4) is 22.8 Å². The number of non-ortho nitro benzene ring substituents is 1. The number of ether oxygens (including phenoxy) is 2. The minimum atomic E-state index is -0.836. The number of fused-ring (bicyclic) bond motifs is 1. The molecule has 0 fully saturated rings. The van der Waals surface area contributed by atoms with E-state index in [1.54, 1.807) is 24.3 Å². The zero-order chi connectivity index (χ0) is 23.6. The fourth-order valence-corrected chi connectivity index (χ4v) is 3.22. The number of nitro benzene ring substituents is 1. The van der Waals surface area contributed by atoms with Gasteiger partial charge in [-0.3, -0.25) is 14.9 Å². The Kier molecular flexibility index (Phi) is 5.87. The smallest absolute Gasteiger partial charge is 0.284 e. The summed E-state index contributed by atoms with van der Waals surface area (Å²) in [5.41, 5.74) is 4.14. The molecule has 170 valence electrons. The summed E-state index contributed by atoms with van der Waals surface area (Å²) < 4.78 is 17.2. The monoisotopic (exact) mass is 449 g/mol. The average molecular weight is 449 g/mol. The number of carbonyl (C=O) groups is 1. The quantitative estimate of drug-likeness (QED) is 0.350. The number of nitro groups is 1. The lowest BCUT2D eigenvalue weighted by Crippen LogP contribution is -2.42. The van der Waals surface area contributed by atoms with Crippen LogP contribution in [0.3, 0.4) is 0 Å². The van der Waals surface area contributed by atoms with Crippen LogP contribution in [0.1, 0.15) is 32.1 Å². The van der Waals surface area contributed by atoms with E-state index in [2.05, 4.69) is 31.3 Å². The van der Waals surface area contributed by atoms with Crippen LogP contribution in [0.4, 0.5) is 5.69 Å². The molecule has 2 heterocycles. The van der Waals surface area contributed by atoms with Gasteiger partial charge in [0.1, 0.15) is 18.1 Å². The maximum absolute atomic E-state index is 12.5. The van der Waals surface area contributed by atoms with Crippen molar-refractivity contribution in [1.82, 2.24) is 5.43 Å². The summed E-state index contributed by atoms with van der Waals surface area (Å²) in [6.45, 7) is 6.37. The fourth-order valence-electron chi connectivity index (χ4n) is 3.22. The Morgan fingerprint density at radius 1 is 1.12 bits per heavy atom. The number of amides is 1. The second kappa shape index (κ2) is 8.78. The molecule has 1 aliphatic heterocycles. The first-order chi connectivity index (χ1) is 15.7. The molecule has 1 atom stereocenters. The number of hydrazone groups is 1. The van der Waals surface area contributed by atoms with Gasteiger partial charge in [-0.05, 0) is 47.4 Å². The molecule has 1 aromatic heterocycles. The Balaban J connectivity index is 1.37. The lowest BCUT2D eigenvalue weighted by Gasteiger charge is -2.27. The summed E-state index contributed by atoms with van der Waals surface area (Å²) in [6.07, 6.45) is 0.527. The van der Waals surface area contributed by atoms with Gasteiger partial charge in [0.05, 0.1) is 11.1 Å². The van der Waals surface area contributed by atoms with Crippen molar-refractivity contribution in [2.75, 3.05) is 6.61 Å². The Labute approximate surface area is 190 Å². The van der Waals surface area contributed by atoms with Crippen molar-refractivity contribution in [1.29, 1.82) is 0 Å². The van der Waals surface area contributed by atoms with Crippen molar-refractivity contribution in [3.63, 3.8) is 0 Å². The highest BCUT2D eigenvalue weighted by atomic mass is 16.6. The molecule has 1 amide bonds. The highest BCUT2D eigenvalue weighted by Crippen LogP contribution is 2.36. The first-order valence-corrected chi connectivity index (χ1v) is 10.3. The van der Waals surface area contributed by atoms with E-state index in [0.717, 1.165) is 5.56 Å². The summed E-state index contributed by atoms with van der Waals surface area (Å²) in [5, 5.41) is 14.7. The van der Waals surface area contributed by atoms with Crippen molar-refractivity contribution in [3.05, 3.63) is 76.0 Å². The van der Waals surface area contributed by atoms with Gasteiger partial charge in [0.15, 0.2) is 11.5 Å². The third-order valence-electron chi connectivity index (χ3n) is 5.12. The van der Waals surface area contributed by atoms with Gasteiger partial charge < -0.3 is 13.9 Å². The zero-order valence-electron chi connectivity index (χ0n) is 18.4. The van der Waals surface area contributed by atoms with Crippen LogP contribution in [0.25, 0.3) is 11.3 Å². The Hall–Kier alpha value is -4.14. The van der Waals surface area contributed by atoms with Crippen molar-refractivity contribution < 1.29 is 23.6 Å². The molecule has 4 rings (SSSR count). The topological polar surface area (TPSA) is 116 Å². The van der Waals surface area contributed by atoms with E-state index in [0.29, 0.717) is 28.6 Å². The first-order valence-electron chi connectivity index (χ1n) is 10.3. The predicted octanol–water partition coefficient (Wildman–Crippen LogP) is 4.44. The predicted molar refractivity (Wildman–Crippen MR) is 122 cm³/mol. The van der Waals surface area contributed by atoms with E-state index in [1.807, 2.05) is 18.2 Å². The lowest BCUT2D eigenvalue weighted by molar-refractivity contribution is -0.384. The molecule has 9 heteroatoms. The van der Waals surface area contributed by atoms with Gasteiger partial charge >= 0.3 is 0 Å². The highest BCUT2D eigenvalue weighted by Gasteiger charge is 2.28. The summed E-state index contributed by atoms with van der Waals surface area (Å²) in [4.78, 5) is 22.8. The van der Waals surface area contributed by atoms with Crippen LogP contribution in [0.2, 0.25) is 0 Å². The first kappa shape index (κ1) is 22.1. The standard InChI is InChI=1S/C24H23N3O6/c1-24(2,3)16-6-10-20-21(12-16)33-22(14-31-20)23(28)26-25-13-18-9-11-19(32-18)15-4-7-17(8-5-15)27(29)30/h4-13,22H,14H2,1-3H3,(H,26,28)/b25-13-/t22-/m0/s1. The molecule has 0 saturated heterocycles. The maximum atomic E-state index is 12.5. The molecule has 3 aromatic rings. The number of hydrogen-bond donors (Lipinski definition) is 1. The molecule has 9 nitrogen and oxygen atoms in total. The third kappa shape index (κ3) is 5.03. The molecule has 0 spiro atoms. The Morgan fingerprint density at radius 2 is 1.88 bits per heavy atom. The summed E-state index contributed by atoms with van der Waals surface area (Å²) in [5.74, 6) is 1.61. The van der Waals surface area contributed by atoms with Crippen LogP contribution in [0.15, 0.2) is 64.1 Å². The fraction of sp³-hybridized carbons (Fsp3) is 0.250. The van der Waals surface area contributed by atoms with Gasteiger partial charge in [0.25, 0.3) is 11.6 Å². The highest BCUT2D eigenvalue weighted by molar-refractivity contribution is 5.84. The van der Waals surface area contributed by atoms with E-state index >= 15 is 0 Å². The minimum Gasteiger partial charge on any atom is -0.485 e. The van der Waals surface area contributed by atoms with Gasteiger partial charge in [-0.25, -0.2) is 5.43 Å². The number of carbonyl (C=O) groups excluding carboxylic acids is 1. The summed E-state index contributed by atoms with van der Waals surface area (Å²) in [7, 11) is 0. The molecule has 0 unspecified atom stereocenters. The van der Waals surface area contributed by atoms with Crippen LogP contribution in [-0.2, 0) is 10.2 Å². The number of furan rings is 1. The molecular formula is C24H23N3O6. The average Bonchev–Trinajstić information content (AvgIpc) is 3.26. The molecule has 2 aromatic carbocycles. The van der Waals surface area contributed by atoms with Crippen LogP contribution < -0.4 is 14.9 Å². The van der Waals surface area contributed by atoms with Crippen molar-refractivity contribution in [2.24, 2.45) is 5.10 Å². The van der Waals surface area contributed by atoms with Crippen LogP contribution >= 0.6 is 0 Å². The molecule has 33 heavy (non-hydrogen) atoms. The third-order valence-corrected chi connectivity index (χ3v) is 5.12. The molecule has 0 saturated carbocycles. The van der Waals surface area contributed by atoms with Crippen LogP contribution in [0.5, 0.6) is 11.5 Å². The number of nitrogens with zero attached hydrogens (tertiary/aromatic N) is 2. The van der Waals surface area contributed by atoms with Crippen LogP contribution in [-0.4, -0.2) is 29.8 Å². The van der Waals surface area contributed by atoms with Crippen molar-refractivity contribution >= 4 is 17.8 Å². The number of hydrogen-bond acceptors (Lipinski definition) is 7. The molecule has 0 aliphatic carbocycles. The van der Waals surface area contributed by atoms with E-state index in [9.17, 15) is 14.9 Å². The summed E-state index contributed by atoms with van der Waals surface area (Å²) >= 11 is 0. The normalized spacial score (nSPS) is 15.4. The maximum Gasteiger partial charge on any atom is 0.284 e. The van der Waals surface area contributed by atoms with Gasteiger partial charge in [0.2, 0.25) is 6.10 Å². The minimum absolute atomic E-state index is 0.000897. The van der Waals surface area contributed by atoms with Gasteiger partial charge in [-0.2, -0.15) is 5.10 Å². The molecule has 1 N–H and O–H groups in total. The van der Waals surface area contributed by atoms with E-state index in [-0.39, 0.29) is 17.7 Å². The SMILES string of the molecule is CC(C)(C)c1ccc2c(c1)O[C@H](C(=O)N/N=C\c1ccc(-c3ccc([N+](=O)[O-])cc3)o1)CO2. The van der Waals surface area contributed by atoms with E-state index in [4.69, 9.17) is 13.9 Å². The lowest BCUT2D eigenvalue weighted by atomic mass is 9.87. The number of rotatable bonds is 5. The van der Waals surface area contributed by atoms with Crippen LogP contribution in [0, 0.1) is 10.1 Å². The van der Waals surface area contributed by atoms with Gasteiger partial charge in [0, 0.05) is 17.7 Å². The second-order valence-electron chi connectivity index (χ2n) is 8.57. The Bertz CT molecular complexity index is 1210. The van der Waals surface area contributed by atoms with E-state index < -0.39 is 16.9 Å². The molecule has 1 aliphatic rings. The van der Waals surface area contributed by atoms with Gasteiger partial charge in [-0.15, -0.1) is 0 Å². The Morgan fingerprint density at radius 3 is 2.58 bits per heavy atom. The second-order valence-corrected chi connectivity index (χ2v) is 8.57. The molecule has 0 radical (unpaired) electrons.